The molecular formula is C29H34ClFN2O2S. The third-order valence-corrected chi connectivity index (χ3v) is 7.82. The molecule has 7 heteroatoms. The second kappa shape index (κ2) is 13.9. The predicted octanol–water partition coefficient (Wildman–Crippen LogP) is 6.62. The Morgan fingerprint density at radius 2 is 1.64 bits per heavy atom. The summed E-state index contributed by atoms with van der Waals surface area (Å²) in [5, 5.41) is 4.61. The number of piperidine rings is 1. The van der Waals surface area contributed by atoms with Gasteiger partial charge in [0.05, 0.1) is 17.2 Å². The van der Waals surface area contributed by atoms with Crippen LogP contribution in [0.3, 0.4) is 0 Å². The lowest BCUT2D eigenvalue weighted by atomic mass is 9.96. The van der Waals surface area contributed by atoms with Gasteiger partial charge in [-0.2, -0.15) is 11.3 Å². The number of amides is 1. The lowest BCUT2D eigenvalue weighted by Gasteiger charge is -2.33. The molecule has 0 bridgehead atoms. The highest BCUT2D eigenvalue weighted by molar-refractivity contribution is 7.07. The van der Waals surface area contributed by atoms with Crippen molar-refractivity contribution < 1.29 is 13.9 Å². The van der Waals surface area contributed by atoms with Gasteiger partial charge in [-0.05, 0) is 84.8 Å². The molecule has 0 saturated carbocycles. The van der Waals surface area contributed by atoms with Gasteiger partial charge < -0.3 is 14.5 Å². The average Bonchev–Trinajstić information content (AvgIpc) is 3.62. The maximum Gasteiger partial charge on any atom is 0.255 e. The Balaban J connectivity index is 0.000000543. The Labute approximate surface area is 222 Å². The van der Waals surface area contributed by atoms with E-state index in [1.807, 2.05) is 39.9 Å². The van der Waals surface area contributed by atoms with Crippen LogP contribution in [0.15, 0.2) is 71.4 Å². The van der Waals surface area contributed by atoms with E-state index in [0.717, 1.165) is 64.2 Å². The summed E-state index contributed by atoms with van der Waals surface area (Å²) in [6.45, 7) is 6.13. The van der Waals surface area contributed by atoms with Crippen molar-refractivity contribution >= 4 is 28.8 Å². The molecule has 1 aromatic heterocycles. The summed E-state index contributed by atoms with van der Waals surface area (Å²) in [6, 6.07) is 17.8. The van der Waals surface area contributed by atoms with Crippen molar-refractivity contribution in [3.8, 4) is 0 Å². The molecule has 3 aromatic rings. The van der Waals surface area contributed by atoms with Gasteiger partial charge in [0.15, 0.2) is 0 Å². The highest BCUT2D eigenvalue weighted by Gasteiger charge is 2.30. The van der Waals surface area contributed by atoms with Gasteiger partial charge in [-0.3, -0.25) is 4.79 Å². The van der Waals surface area contributed by atoms with Crippen molar-refractivity contribution in [2.24, 2.45) is 11.8 Å². The molecule has 0 radical (unpaired) electrons. The van der Waals surface area contributed by atoms with Crippen molar-refractivity contribution in [2.45, 2.75) is 25.9 Å². The predicted molar refractivity (Wildman–Crippen MR) is 145 cm³/mol. The van der Waals surface area contributed by atoms with Gasteiger partial charge in [0.25, 0.3) is 5.91 Å². The van der Waals surface area contributed by atoms with Crippen molar-refractivity contribution in [1.29, 1.82) is 0 Å². The zero-order valence-corrected chi connectivity index (χ0v) is 22.1. The molecule has 2 aliphatic heterocycles. The quantitative estimate of drug-likeness (QED) is 0.345. The number of benzene rings is 2. The summed E-state index contributed by atoms with van der Waals surface area (Å²) in [4.78, 5) is 17.2. The van der Waals surface area contributed by atoms with Crippen LogP contribution in [-0.2, 0) is 11.3 Å². The Morgan fingerprint density at radius 1 is 0.944 bits per heavy atom. The van der Waals surface area contributed by atoms with E-state index in [9.17, 15) is 9.18 Å². The van der Waals surface area contributed by atoms with Gasteiger partial charge >= 0.3 is 0 Å². The normalized spacial score (nSPS) is 18.6. The summed E-state index contributed by atoms with van der Waals surface area (Å²) >= 11 is 7.91. The zero-order chi connectivity index (χ0) is 25.2. The first-order chi connectivity index (χ1) is 17.6. The number of hydrogen-bond donors (Lipinski definition) is 0. The van der Waals surface area contributed by atoms with Crippen molar-refractivity contribution in [2.75, 3.05) is 39.3 Å². The van der Waals surface area contributed by atoms with E-state index in [-0.39, 0.29) is 11.7 Å². The summed E-state index contributed by atoms with van der Waals surface area (Å²) in [5.74, 6) is 0.941. The number of carbonyl (C=O) groups is 1. The fourth-order valence-electron chi connectivity index (χ4n) is 4.82. The number of nitrogens with zero attached hydrogens (tertiary/aromatic N) is 2. The molecular weight excluding hydrogens is 495 g/mol. The Kier molecular flexibility index (Phi) is 10.3. The van der Waals surface area contributed by atoms with Crippen LogP contribution in [0.4, 0.5) is 4.39 Å². The zero-order valence-electron chi connectivity index (χ0n) is 20.5. The van der Waals surface area contributed by atoms with E-state index in [4.69, 9.17) is 16.3 Å². The standard InChI is InChI=1S/C25H30ClFN2O2.C4H4S/c26-24-4-2-1-3-23(24)25(30)29-14-11-21(16-29)15-28-12-9-20(10-13-28)18-31-17-19-5-7-22(27)8-6-19;1-2-4-5-3-1/h1-8,20-21H,9-18H2;1-4H/t21-;/m1./s1. The van der Waals surface area contributed by atoms with Gasteiger partial charge in [-0.1, -0.05) is 48.0 Å². The number of carbonyl (C=O) groups excluding carboxylic acids is 1. The minimum Gasteiger partial charge on any atom is -0.376 e. The highest BCUT2D eigenvalue weighted by atomic mass is 35.5. The molecule has 0 spiro atoms. The number of hydrogen-bond acceptors (Lipinski definition) is 4. The minimum absolute atomic E-state index is 0.0464. The number of rotatable bonds is 7. The van der Waals surface area contributed by atoms with Crippen molar-refractivity contribution in [3.63, 3.8) is 0 Å². The average molecular weight is 529 g/mol. The third kappa shape index (κ3) is 8.13. The number of likely N-dealkylation sites (tertiary alicyclic amines) is 2. The topological polar surface area (TPSA) is 32.8 Å². The first kappa shape index (κ1) is 26.8. The molecule has 36 heavy (non-hydrogen) atoms. The molecule has 1 amide bonds. The number of thiophene rings is 1. The molecule has 2 aromatic carbocycles. The Bertz CT molecular complexity index is 1040. The first-order valence-electron chi connectivity index (χ1n) is 12.6. The van der Waals surface area contributed by atoms with Crippen molar-refractivity contribution in [1.82, 2.24) is 9.80 Å². The van der Waals surface area contributed by atoms with E-state index in [1.54, 1.807) is 35.6 Å². The van der Waals surface area contributed by atoms with Gasteiger partial charge in [0, 0.05) is 26.2 Å². The Hall–Kier alpha value is -2.25. The van der Waals surface area contributed by atoms with Crippen LogP contribution in [-0.4, -0.2) is 55.0 Å². The highest BCUT2D eigenvalue weighted by Crippen LogP contribution is 2.25. The molecule has 192 valence electrons. The van der Waals surface area contributed by atoms with Crippen LogP contribution in [0.25, 0.3) is 0 Å². The van der Waals surface area contributed by atoms with Crippen LogP contribution in [0, 0.1) is 17.7 Å². The SMILES string of the molecule is O=C(c1ccccc1Cl)N1CC[C@H](CN2CCC(COCc3ccc(F)cc3)CC2)C1.c1ccsc1. The molecule has 2 fully saturated rings. The molecule has 2 aliphatic rings. The van der Waals surface area contributed by atoms with Gasteiger partial charge in [0.2, 0.25) is 0 Å². The van der Waals surface area contributed by atoms with E-state index in [2.05, 4.69) is 4.90 Å². The van der Waals surface area contributed by atoms with E-state index in [1.165, 1.54) is 12.1 Å². The summed E-state index contributed by atoms with van der Waals surface area (Å²) in [7, 11) is 0. The molecule has 1 atom stereocenters. The van der Waals surface area contributed by atoms with Crippen LogP contribution in [0.2, 0.25) is 5.02 Å². The van der Waals surface area contributed by atoms with Crippen LogP contribution in [0.1, 0.15) is 35.2 Å². The monoisotopic (exact) mass is 528 g/mol. The maximum atomic E-state index is 13.0. The minimum atomic E-state index is -0.213. The van der Waals surface area contributed by atoms with Crippen molar-refractivity contribution in [3.05, 3.63) is 93.4 Å². The maximum absolute atomic E-state index is 13.0. The molecule has 5 rings (SSSR count). The van der Waals surface area contributed by atoms with Gasteiger partial charge in [-0.15, -0.1) is 0 Å². The summed E-state index contributed by atoms with van der Waals surface area (Å²) < 4.78 is 18.8. The lowest BCUT2D eigenvalue weighted by molar-refractivity contribution is 0.0543. The lowest BCUT2D eigenvalue weighted by Crippen LogP contribution is -2.39. The van der Waals surface area contributed by atoms with E-state index < -0.39 is 0 Å². The number of halogens is 2. The second-order valence-corrected chi connectivity index (χ2v) is 10.8. The molecule has 0 unspecified atom stereocenters. The van der Waals surface area contributed by atoms with Gasteiger partial charge in [-0.25, -0.2) is 4.39 Å². The third-order valence-electron chi connectivity index (χ3n) is 6.86. The van der Waals surface area contributed by atoms with Crippen LogP contribution >= 0.6 is 22.9 Å². The van der Waals surface area contributed by atoms with E-state index >= 15 is 0 Å². The van der Waals surface area contributed by atoms with Gasteiger partial charge in [0.1, 0.15) is 5.82 Å². The molecule has 2 saturated heterocycles. The molecule has 0 N–H and O–H groups in total. The summed E-state index contributed by atoms with van der Waals surface area (Å²) in [6.07, 6.45) is 3.33. The van der Waals surface area contributed by atoms with E-state index in [0.29, 0.717) is 29.0 Å². The Morgan fingerprint density at radius 3 is 2.31 bits per heavy atom. The fourth-order valence-corrected chi connectivity index (χ4v) is 5.49. The first-order valence-corrected chi connectivity index (χ1v) is 14.0. The molecule has 3 heterocycles. The molecule has 4 nitrogen and oxygen atoms in total. The largest absolute Gasteiger partial charge is 0.376 e. The smallest absolute Gasteiger partial charge is 0.255 e. The second-order valence-electron chi connectivity index (χ2n) is 9.56. The fraction of sp³-hybridized carbons (Fsp3) is 0.414. The van der Waals surface area contributed by atoms with Crippen LogP contribution in [0.5, 0.6) is 0 Å². The summed E-state index contributed by atoms with van der Waals surface area (Å²) in [5.41, 5.74) is 1.61. The van der Waals surface area contributed by atoms with Crippen LogP contribution < -0.4 is 0 Å². The molecule has 0 aliphatic carbocycles. The number of ether oxygens (including phenoxy) is 1.